The fourth-order valence-electron chi connectivity index (χ4n) is 11.0. The van der Waals surface area contributed by atoms with Gasteiger partial charge in [0.1, 0.15) is 0 Å². The summed E-state index contributed by atoms with van der Waals surface area (Å²) in [6.07, 6.45) is 0. The highest BCUT2D eigenvalue weighted by Gasteiger charge is 2.41. The predicted octanol–water partition coefficient (Wildman–Crippen LogP) is 12.4. The van der Waals surface area contributed by atoms with Crippen molar-refractivity contribution in [2.75, 3.05) is 0 Å². The third-order valence-corrected chi connectivity index (χ3v) is 18.3. The van der Waals surface area contributed by atoms with Crippen LogP contribution in [0.25, 0.3) is 82.5 Å². The Morgan fingerprint density at radius 3 is 1.20 bits per heavy atom. The van der Waals surface area contributed by atoms with Gasteiger partial charge < -0.3 is 13.7 Å². The number of nitrogens with zero attached hydrogens (tertiary/aromatic N) is 3. The van der Waals surface area contributed by atoms with E-state index in [1.165, 1.54) is 91.9 Å². The molecule has 0 aliphatic carbocycles. The summed E-state index contributed by atoms with van der Waals surface area (Å²) in [6.45, 7) is 0. The van der Waals surface area contributed by atoms with Gasteiger partial charge in [-0.05, 0) is 75.3 Å². The van der Waals surface area contributed by atoms with Crippen LogP contribution in [0.4, 0.5) is 0 Å². The first kappa shape index (κ1) is 36.5. The minimum atomic E-state index is -2.81. The Morgan fingerprint density at radius 2 is 0.625 bits per heavy atom. The van der Waals surface area contributed by atoms with Gasteiger partial charge in [0.25, 0.3) is 0 Å². The topological polar surface area (TPSA) is 14.8 Å². The Bertz CT molecular complexity index is 3750. The van der Waals surface area contributed by atoms with Gasteiger partial charge in [-0.2, -0.15) is 0 Å². The van der Waals surface area contributed by atoms with Crippen molar-refractivity contribution in [2.45, 2.75) is 0 Å². The zero-order valence-corrected chi connectivity index (χ0v) is 36.0. The van der Waals surface area contributed by atoms with E-state index in [0.717, 1.165) is 11.4 Å². The van der Waals surface area contributed by atoms with Gasteiger partial charge >= 0.3 is 0 Å². The zero-order valence-electron chi connectivity index (χ0n) is 35.0. The molecule has 0 amide bonds. The molecule has 0 atom stereocenters. The molecule has 4 heteroatoms. The number of para-hydroxylation sites is 5. The maximum Gasteiger partial charge on any atom is 0.179 e. The summed E-state index contributed by atoms with van der Waals surface area (Å²) in [6, 6.07) is 92.3. The highest BCUT2D eigenvalue weighted by atomic mass is 28.3. The van der Waals surface area contributed by atoms with E-state index in [1.807, 2.05) is 0 Å². The smallest absolute Gasteiger partial charge is 0.179 e. The Hall–Kier alpha value is -8.18. The van der Waals surface area contributed by atoms with Gasteiger partial charge in [0, 0.05) is 38.0 Å². The maximum absolute atomic E-state index is 2.81. The molecule has 0 saturated heterocycles. The summed E-state index contributed by atoms with van der Waals surface area (Å²) in [5.41, 5.74) is 10.6. The number of hydrogen-bond donors (Lipinski definition) is 0. The Balaban J connectivity index is 1.12. The van der Waals surface area contributed by atoms with Gasteiger partial charge in [0.15, 0.2) is 8.07 Å². The van der Waals surface area contributed by atoms with E-state index in [1.54, 1.807) is 0 Å². The quantitative estimate of drug-likeness (QED) is 0.112. The van der Waals surface area contributed by atoms with Crippen LogP contribution in [0.2, 0.25) is 0 Å². The van der Waals surface area contributed by atoms with Gasteiger partial charge in [-0.15, -0.1) is 0 Å². The molecule has 300 valence electrons. The van der Waals surface area contributed by atoms with Crippen molar-refractivity contribution < 1.29 is 0 Å². The van der Waals surface area contributed by atoms with E-state index < -0.39 is 8.07 Å². The van der Waals surface area contributed by atoms with Crippen molar-refractivity contribution in [3.05, 3.63) is 249 Å². The molecule has 0 fully saturated rings. The molecule has 0 radical (unpaired) electrons. The van der Waals surface area contributed by atoms with E-state index in [-0.39, 0.29) is 0 Å². The van der Waals surface area contributed by atoms with Crippen molar-refractivity contribution in [1.29, 1.82) is 0 Å². The van der Waals surface area contributed by atoms with Crippen LogP contribution in [-0.4, -0.2) is 21.8 Å². The summed E-state index contributed by atoms with van der Waals surface area (Å²) in [5.74, 6) is 0. The number of hydrogen-bond acceptors (Lipinski definition) is 0. The highest BCUT2D eigenvalue weighted by Crippen LogP contribution is 2.42. The van der Waals surface area contributed by atoms with Crippen LogP contribution in [0.15, 0.2) is 249 Å². The summed E-state index contributed by atoms with van der Waals surface area (Å²) < 4.78 is 7.51. The molecule has 3 heterocycles. The Kier molecular flexibility index (Phi) is 8.23. The van der Waals surface area contributed by atoms with Gasteiger partial charge in [-0.1, -0.05) is 194 Å². The van der Waals surface area contributed by atoms with Crippen LogP contribution in [0.1, 0.15) is 0 Å². The lowest BCUT2D eigenvalue weighted by Gasteiger charge is -2.34. The normalized spacial score (nSPS) is 12.1. The minimum absolute atomic E-state index is 1.14. The molecule has 13 rings (SSSR count). The summed E-state index contributed by atoms with van der Waals surface area (Å²) >= 11 is 0. The lowest BCUT2D eigenvalue weighted by atomic mass is 10.1. The minimum Gasteiger partial charge on any atom is -0.309 e. The molecule has 0 unspecified atom stereocenters. The number of fused-ring (bicyclic) bond motifs is 9. The number of benzene rings is 10. The third kappa shape index (κ3) is 5.21. The van der Waals surface area contributed by atoms with Crippen molar-refractivity contribution in [3.8, 4) is 17.1 Å². The third-order valence-electron chi connectivity index (χ3n) is 13.6. The van der Waals surface area contributed by atoms with Gasteiger partial charge in [-0.3, -0.25) is 0 Å². The van der Waals surface area contributed by atoms with Crippen LogP contribution in [0.3, 0.4) is 0 Å². The molecule has 0 spiro atoms. The standard InChI is InChI=1S/C60H41N3Si/c1-4-22-43(23-5-1)64(44-24-6-2-7-25-44,45-26-8-3-9-27-45)46-28-18-21-42(41-46)61-52-34-14-12-31-49(52)50-33-19-40-58(60(50)61)63-55-37-17-13-32-51(55)59-56(38-20-39-57(59)63)62-53-35-15-10-29-47(53)48-30-11-16-36-54(48)62/h1-41H. The predicted molar refractivity (Wildman–Crippen MR) is 273 cm³/mol. The van der Waals surface area contributed by atoms with Gasteiger partial charge in [-0.25, -0.2) is 0 Å². The molecule has 3 aromatic heterocycles. The van der Waals surface area contributed by atoms with E-state index in [4.69, 9.17) is 0 Å². The second kappa shape index (κ2) is 14.5. The zero-order chi connectivity index (χ0) is 42.2. The molecular formula is C60H41N3Si. The molecule has 13 aromatic rings. The molecule has 0 saturated carbocycles. The lowest BCUT2D eigenvalue weighted by molar-refractivity contribution is 1.13. The molecule has 0 bridgehead atoms. The molecule has 0 N–H and O–H groups in total. The molecule has 10 aromatic carbocycles. The monoisotopic (exact) mass is 831 g/mol. The second-order valence-electron chi connectivity index (χ2n) is 16.8. The molecular weight excluding hydrogens is 791 g/mol. The lowest BCUT2D eigenvalue weighted by Crippen LogP contribution is -2.74. The van der Waals surface area contributed by atoms with Gasteiger partial charge in [0.05, 0.1) is 44.5 Å². The molecule has 0 aliphatic rings. The molecule has 64 heavy (non-hydrogen) atoms. The largest absolute Gasteiger partial charge is 0.309 e. The fourth-order valence-corrected chi connectivity index (χ4v) is 15.8. The Morgan fingerprint density at radius 1 is 0.250 bits per heavy atom. The van der Waals surface area contributed by atoms with E-state index in [0.29, 0.717) is 0 Å². The van der Waals surface area contributed by atoms with Crippen molar-refractivity contribution in [1.82, 2.24) is 13.7 Å². The van der Waals surface area contributed by atoms with Crippen LogP contribution in [0, 0.1) is 0 Å². The maximum atomic E-state index is 2.53. The summed E-state index contributed by atoms with van der Waals surface area (Å²) in [7, 11) is -2.81. The average Bonchev–Trinajstić information content (AvgIpc) is 4.02. The summed E-state index contributed by atoms with van der Waals surface area (Å²) in [4.78, 5) is 0. The van der Waals surface area contributed by atoms with Crippen molar-refractivity contribution >= 4 is 94.2 Å². The average molecular weight is 832 g/mol. The first-order valence-corrected chi connectivity index (χ1v) is 24.1. The van der Waals surface area contributed by atoms with Crippen molar-refractivity contribution in [2.24, 2.45) is 0 Å². The van der Waals surface area contributed by atoms with E-state index >= 15 is 0 Å². The van der Waals surface area contributed by atoms with Crippen LogP contribution < -0.4 is 20.7 Å². The highest BCUT2D eigenvalue weighted by molar-refractivity contribution is 7.19. The van der Waals surface area contributed by atoms with Crippen LogP contribution >= 0.6 is 0 Å². The van der Waals surface area contributed by atoms with Gasteiger partial charge in [0.2, 0.25) is 0 Å². The number of aromatic nitrogens is 3. The first-order valence-electron chi connectivity index (χ1n) is 22.1. The number of rotatable bonds is 7. The summed E-state index contributed by atoms with van der Waals surface area (Å²) in [5, 5.41) is 12.8. The van der Waals surface area contributed by atoms with Crippen LogP contribution in [0.5, 0.6) is 0 Å². The second-order valence-corrected chi connectivity index (χ2v) is 20.6. The Labute approximate surface area is 372 Å². The molecule has 3 nitrogen and oxygen atoms in total. The molecule has 0 aliphatic heterocycles. The van der Waals surface area contributed by atoms with Crippen LogP contribution in [-0.2, 0) is 0 Å². The fraction of sp³-hybridized carbons (Fsp3) is 0. The first-order chi connectivity index (χ1) is 31.8. The SMILES string of the molecule is c1ccc([Si](c2ccccc2)(c2ccccc2)c2cccc(-n3c4ccccc4c4cccc(-n5c6ccccc6c6c(-n7c8ccccc8c8ccccc87)cccc65)c43)c2)cc1. The van der Waals surface area contributed by atoms with E-state index in [2.05, 4.69) is 262 Å². The van der Waals surface area contributed by atoms with Crippen molar-refractivity contribution in [3.63, 3.8) is 0 Å². The van der Waals surface area contributed by atoms with E-state index in [9.17, 15) is 0 Å².